The van der Waals surface area contributed by atoms with E-state index in [0.717, 1.165) is 22.3 Å². The van der Waals surface area contributed by atoms with Crippen LogP contribution < -0.4 is 21.7 Å². The van der Waals surface area contributed by atoms with E-state index in [9.17, 15) is 19.2 Å². The molecular weight excluding hydrogens is 464 g/mol. The maximum absolute atomic E-state index is 12.5. The Labute approximate surface area is 211 Å². The van der Waals surface area contributed by atoms with Gasteiger partial charge in [0.15, 0.2) is 0 Å². The summed E-state index contributed by atoms with van der Waals surface area (Å²) >= 11 is 0. The van der Waals surface area contributed by atoms with Gasteiger partial charge in [-0.25, -0.2) is 0 Å². The van der Waals surface area contributed by atoms with E-state index in [2.05, 4.69) is 22.1 Å². The van der Waals surface area contributed by atoms with E-state index >= 15 is 0 Å². The van der Waals surface area contributed by atoms with Crippen LogP contribution in [0.3, 0.4) is 0 Å². The molecule has 10 heteroatoms. The van der Waals surface area contributed by atoms with Gasteiger partial charge in [-0.1, -0.05) is 42.3 Å². The first-order valence-corrected chi connectivity index (χ1v) is 11.3. The summed E-state index contributed by atoms with van der Waals surface area (Å²) in [7, 11) is 0. The number of rotatable bonds is 14. The van der Waals surface area contributed by atoms with Crippen LogP contribution in [-0.2, 0) is 30.3 Å². The average Bonchev–Trinajstić information content (AvgIpc) is 2.84. The fourth-order valence-corrected chi connectivity index (χ4v) is 3.30. The fraction of sp³-hybridized carbons (Fsp3) is 0.385. The van der Waals surface area contributed by atoms with Gasteiger partial charge in [0.1, 0.15) is 25.3 Å². The smallest absolute Gasteiger partial charge is 0.322 e. The maximum Gasteiger partial charge on any atom is 0.322 e. The van der Waals surface area contributed by atoms with Crippen molar-refractivity contribution >= 4 is 23.7 Å². The van der Waals surface area contributed by atoms with Gasteiger partial charge in [-0.2, -0.15) is 0 Å². The van der Waals surface area contributed by atoms with Crippen molar-refractivity contribution in [3.63, 3.8) is 0 Å². The van der Waals surface area contributed by atoms with Gasteiger partial charge in [-0.05, 0) is 50.0 Å². The van der Waals surface area contributed by atoms with Crippen LogP contribution in [-0.4, -0.2) is 60.6 Å². The van der Waals surface area contributed by atoms with Crippen molar-refractivity contribution in [3.05, 3.63) is 58.7 Å². The maximum atomic E-state index is 12.5. The predicted octanol–water partition coefficient (Wildman–Crippen LogP) is 0.638. The molecule has 6 N–H and O–H groups in total. The van der Waals surface area contributed by atoms with Gasteiger partial charge in [-0.3, -0.25) is 19.2 Å². The Hall–Kier alpha value is -4.10. The van der Waals surface area contributed by atoms with E-state index in [1.165, 1.54) is 0 Å². The lowest BCUT2D eigenvalue weighted by atomic mass is 9.95. The molecule has 0 saturated heterocycles. The van der Waals surface area contributed by atoms with Gasteiger partial charge in [0.05, 0.1) is 12.6 Å². The zero-order chi connectivity index (χ0) is 27.1. The minimum atomic E-state index is -1.21. The molecule has 1 aromatic carbocycles. The Bertz CT molecular complexity index is 1020. The number of benzene rings is 1. The normalized spacial score (nSPS) is 12.4. The number of carbonyl (C=O) groups is 4. The van der Waals surface area contributed by atoms with Crippen LogP contribution in [0.15, 0.2) is 53.1 Å². The van der Waals surface area contributed by atoms with Gasteiger partial charge >= 0.3 is 5.97 Å². The zero-order valence-electron chi connectivity index (χ0n) is 20.8. The third-order valence-corrected chi connectivity index (χ3v) is 5.17. The lowest BCUT2D eigenvalue weighted by molar-refractivity contribution is -0.138. The summed E-state index contributed by atoms with van der Waals surface area (Å²) in [5, 5.41) is 16.1. The summed E-state index contributed by atoms with van der Waals surface area (Å²) in [4.78, 5) is 48.3. The molecule has 0 fully saturated rings. The van der Waals surface area contributed by atoms with Gasteiger partial charge in [0.2, 0.25) is 17.7 Å². The van der Waals surface area contributed by atoms with Crippen LogP contribution in [0.5, 0.6) is 0 Å². The number of amides is 3. The van der Waals surface area contributed by atoms with Gasteiger partial charge in [-0.15, -0.1) is 0 Å². The molecule has 0 radical (unpaired) electrons. The van der Waals surface area contributed by atoms with Crippen molar-refractivity contribution in [2.24, 2.45) is 5.73 Å². The highest BCUT2D eigenvalue weighted by Gasteiger charge is 2.23. The summed E-state index contributed by atoms with van der Waals surface area (Å²) in [6, 6.07) is 6.98. The van der Waals surface area contributed by atoms with Crippen LogP contribution in [0.4, 0.5) is 0 Å². The summed E-state index contributed by atoms with van der Waals surface area (Å²) in [5.74, 6) is -3.01. The Morgan fingerprint density at radius 3 is 2.31 bits per heavy atom. The van der Waals surface area contributed by atoms with E-state index in [4.69, 9.17) is 22.0 Å². The number of nitrogens with two attached hydrogens (primary N) is 1. The Balaban J connectivity index is 2.74. The van der Waals surface area contributed by atoms with E-state index in [1.807, 2.05) is 26.8 Å². The molecule has 0 saturated carbocycles. The Kier molecular flexibility index (Phi) is 13.1. The molecule has 0 aliphatic heterocycles. The van der Waals surface area contributed by atoms with Gasteiger partial charge in [0.25, 0.3) is 0 Å². The number of allylic oxidation sites excluding steroid dienone is 2. The second-order valence-electron chi connectivity index (χ2n) is 8.24. The molecule has 0 aromatic heterocycles. The molecule has 36 heavy (non-hydrogen) atoms. The number of carboxylic acids is 1. The molecule has 0 aliphatic rings. The molecule has 0 spiro atoms. The molecule has 10 nitrogen and oxygen atoms in total. The largest absolute Gasteiger partial charge is 0.480 e. The number of hydrogen-bond donors (Lipinski definition) is 5. The van der Waals surface area contributed by atoms with Crippen molar-refractivity contribution < 1.29 is 29.0 Å². The number of nitrogens with one attached hydrogen (secondary N) is 3. The van der Waals surface area contributed by atoms with Crippen molar-refractivity contribution in [1.82, 2.24) is 16.0 Å². The molecule has 194 valence electrons. The van der Waals surface area contributed by atoms with E-state index in [0.29, 0.717) is 0 Å². The summed E-state index contributed by atoms with van der Waals surface area (Å²) in [6.45, 7) is 4.90. The SMILES string of the molecule is C#COC/C=C(/C)C(C[C@H](N)C(=O)NCC(=O)N[C@@H](Cc1ccccc1)C(=O)NCC(=O)O)=C(C)C. The molecule has 2 atom stereocenters. The standard InChI is InChI=1S/C26H34N4O6/c1-5-36-12-11-18(4)20(17(2)3)14-21(27)25(34)28-15-23(31)30-22(26(35)29-16-24(32)33)13-19-9-7-6-8-10-19/h1,6-11,21-22H,12-16,27H2,2-4H3,(H,28,34)(H,29,35)(H,30,31)(H,32,33)/b18-11-/t21-,22-/m0/s1. The first kappa shape index (κ1) is 29.9. The molecule has 0 bridgehead atoms. The second kappa shape index (κ2) is 15.7. The Morgan fingerprint density at radius 2 is 1.72 bits per heavy atom. The van der Waals surface area contributed by atoms with Crippen molar-refractivity contribution in [2.45, 2.75) is 45.7 Å². The van der Waals surface area contributed by atoms with Crippen LogP contribution in [0, 0.1) is 12.5 Å². The number of hydrogen-bond acceptors (Lipinski definition) is 6. The minimum Gasteiger partial charge on any atom is -0.480 e. The Morgan fingerprint density at radius 1 is 1.08 bits per heavy atom. The number of terminal acetylenes is 1. The van der Waals surface area contributed by atoms with Crippen LogP contribution >= 0.6 is 0 Å². The van der Waals surface area contributed by atoms with Gasteiger partial charge in [0, 0.05) is 6.42 Å². The summed E-state index contributed by atoms with van der Waals surface area (Å²) in [6.07, 6.45) is 9.34. The first-order valence-electron chi connectivity index (χ1n) is 11.3. The quantitative estimate of drug-likeness (QED) is 0.143. The molecule has 0 aliphatic carbocycles. The van der Waals surface area contributed by atoms with Crippen molar-refractivity contribution in [2.75, 3.05) is 19.7 Å². The molecule has 0 unspecified atom stereocenters. The molecule has 0 heterocycles. The highest BCUT2D eigenvalue weighted by molar-refractivity contribution is 5.92. The van der Waals surface area contributed by atoms with Crippen molar-refractivity contribution in [1.29, 1.82) is 0 Å². The number of carbonyl (C=O) groups excluding carboxylic acids is 3. The van der Waals surface area contributed by atoms with Crippen LogP contribution in [0.2, 0.25) is 0 Å². The monoisotopic (exact) mass is 498 g/mol. The lowest BCUT2D eigenvalue weighted by Gasteiger charge is -2.19. The zero-order valence-corrected chi connectivity index (χ0v) is 20.8. The minimum absolute atomic E-state index is 0.143. The number of ether oxygens (including phenoxy) is 1. The van der Waals surface area contributed by atoms with E-state index in [-0.39, 0.29) is 19.4 Å². The summed E-state index contributed by atoms with van der Waals surface area (Å²) in [5.41, 5.74) is 9.56. The molecule has 1 rings (SSSR count). The number of carboxylic acid groups (broad SMARTS) is 1. The topological polar surface area (TPSA) is 160 Å². The third-order valence-electron chi connectivity index (χ3n) is 5.17. The first-order chi connectivity index (χ1) is 17.0. The second-order valence-corrected chi connectivity index (χ2v) is 8.24. The fourth-order valence-electron chi connectivity index (χ4n) is 3.30. The summed E-state index contributed by atoms with van der Waals surface area (Å²) < 4.78 is 4.88. The highest BCUT2D eigenvalue weighted by atomic mass is 16.5. The van der Waals surface area contributed by atoms with Crippen LogP contribution in [0.25, 0.3) is 0 Å². The van der Waals surface area contributed by atoms with Gasteiger partial charge < -0.3 is 31.5 Å². The van der Waals surface area contributed by atoms with E-state index < -0.39 is 48.9 Å². The van der Waals surface area contributed by atoms with E-state index in [1.54, 1.807) is 30.3 Å². The third kappa shape index (κ3) is 11.4. The average molecular weight is 499 g/mol. The number of aliphatic carboxylic acids is 1. The lowest BCUT2D eigenvalue weighted by Crippen LogP contribution is -2.52. The van der Waals surface area contributed by atoms with Crippen LogP contribution in [0.1, 0.15) is 32.8 Å². The molecular formula is C26H34N4O6. The van der Waals surface area contributed by atoms with Crippen molar-refractivity contribution in [3.8, 4) is 12.5 Å². The molecule has 1 aromatic rings. The molecule has 3 amide bonds. The predicted molar refractivity (Wildman–Crippen MR) is 135 cm³/mol. The highest BCUT2D eigenvalue weighted by Crippen LogP contribution is 2.19.